The summed E-state index contributed by atoms with van der Waals surface area (Å²) in [6.45, 7) is 2.31. The molecule has 1 saturated heterocycles. The van der Waals surface area contributed by atoms with Gasteiger partial charge in [0.25, 0.3) is 0 Å². The number of rotatable bonds is 4. The maximum atomic E-state index is 12.9. The minimum Gasteiger partial charge on any atom is -0.326 e. The van der Waals surface area contributed by atoms with E-state index in [9.17, 15) is 13.2 Å². The van der Waals surface area contributed by atoms with Crippen molar-refractivity contribution in [1.29, 1.82) is 0 Å². The van der Waals surface area contributed by atoms with Gasteiger partial charge in [0.1, 0.15) is 4.90 Å². The Labute approximate surface area is 179 Å². The van der Waals surface area contributed by atoms with Crippen molar-refractivity contribution in [2.24, 2.45) is 5.92 Å². The average Bonchev–Trinajstić information content (AvgIpc) is 2.64. The van der Waals surface area contributed by atoms with Gasteiger partial charge in [0.15, 0.2) is 0 Å². The quantitative estimate of drug-likeness (QED) is 0.697. The number of nitrogens with zero attached hydrogens (tertiary/aromatic N) is 1. The molecular formula is C19H19Cl3N2O3S. The molecule has 1 amide bonds. The Balaban J connectivity index is 1.68. The van der Waals surface area contributed by atoms with Crippen LogP contribution in [0.3, 0.4) is 0 Å². The van der Waals surface area contributed by atoms with Gasteiger partial charge < -0.3 is 5.32 Å². The Morgan fingerprint density at radius 3 is 2.25 bits per heavy atom. The van der Waals surface area contributed by atoms with E-state index in [1.807, 2.05) is 6.92 Å². The second-order valence-electron chi connectivity index (χ2n) is 6.68. The number of carbonyl (C=O) groups excluding carboxylic acids is 1. The van der Waals surface area contributed by atoms with Crippen molar-refractivity contribution in [3.63, 3.8) is 0 Å². The van der Waals surface area contributed by atoms with Crippen LogP contribution in [0.1, 0.15) is 18.4 Å². The number of sulfonamides is 1. The number of aryl methyl sites for hydroxylation is 1. The van der Waals surface area contributed by atoms with Crippen LogP contribution in [0.5, 0.6) is 0 Å². The lowest BCUT2D eigenvalue weighted by molar-refractivity contribution is -0.120. The third-order valence-corrected chi connectivity index (χ3v) is 7.88. The van der Waals surface area contributed by atoms with Gasteiger partial charge in [-0.3, -0.25) is 4.79 Å². The van der Waals surface area contributed by atoms with E-state index in [4.69, 9.17) is 34.8 Å². The predicted octanol–water partition coefficient (Wildman–Crippen LogP) is 4.99. The first-order valence-electron chi connectivity index (χ1n) is 8.71. The van der Waals surface area contributed by atoms with Crippen molar-refractivity contribution in [2.45, 2.75) is 24.7 Å². The van der Waals surface area contributed by atoms with Gasteiger partial charge in [-0.2, -0.15) is 4.31 Å². The van der Waals surface area contributed by atoms with Gasteiger partial charge in [0.05, 0.1) is 10.0 Å². The largest absolute Gasteiger partial charge is 0.326 e. The van der Waals surface area contributed by atoms with Crippen LogP contribution in [0.15, 0.2) is 41.3 Å². The summed E-state index contributed by atoms with van der Waals surface area (Å²) < 4.78 is 27.2. The van der Waals surface area contributed by atoms with Gasteiger partial charge in [0.2, 0.25) is 15.9 Å². The molecule has 1 aliphatic rings. The summed E-state index contributed by atoms with van der Waals surface area (Å²) in [6.07, 6.45) is 0.833. The molecular weight excluding hydrogens is 443 g/mol. The van der Waals surface area contributed by atoms with Crippen molar-refractivity contribution in [3.8, 4) is 0 Å². The van der Waals surface area contributed by atoms with Crippen molar-refractivity contribution in [2.75, 3.05) is 18.4 Å². The molecule has 2 aromatic rings. The highest BCUT2D eigenvalue weighted by Crippen LogP contribution is 2.33. The van der Waals surface area contributed by atoms with Crippen LogP contribution < -0.4 is 5.32 Å². The van der Waals surface area contributed by atoms with Crippen LogP contribution in [0.25, 0.3) is 0 Å². The number of piperidine rings is 1. The Morgan fingerprint density at radius 2 is 1.68 bits per heavy atom. The normalized spacial score (nSPS) is 16.1. The summed E-state index contributed by atoms with van der Waals surface area (Å²) >= 11 is 18.1. The number of hydrogen-bond acceptors (Lipinski definition) is 3. The Hall–Kier alpha value is -1.31. The predicted molar refractivity (Wildman–Crippen MR) is 113 cm³/mol. The molecule has 0 aliphatic carbocycles. The Morgan fingerprint density at radius 1 is 1.07 bits per heavy atom. The van der Waals surface area contributed by atoms with E-state index in [0.717, 1.165) is 5.56 Å². The fourth-order valence-electron chi connectivity index (χ4n) is 3.22. The number of amides is 1. The molecule has 1 aliphatic heterocycles. The monoisotopic (exact) mass is 460 g/mol. The molecule has 3 rings (SSSR count). The third-order valence-electron chi connectivity index (χ3n) is 4.79. The van der Waals surface area contributed by atoms with Crippen LogP contribution in [-0.4, -0.2) is 31.7 Å². The molecule has 0 bridgehead atoms. The summed E-state index contributed by atoms with van der Waals surface area (Å²) in [5.41, 5.74) is 1.57. The average molecular weight is 462 g/mol. The highest BCUT2D eigenvalue weighted by atomic mass is 35.5. The van der Waals surface area contributed by atoms with E-state index in [1.165, 1.54) is 16.4 Å². The molecule has 9 heteroatoms. The van der Waals surface area contributed by atoms with Crippen molar-refractivity contribution in [1.82, 2.24) is 4.31 Å². The Bertz CT molecular complexity index is 983. The van der Waals surface area contributed by atoms with Gasteiger partial charge in [0, 0.05) is 29.7 Å². The molecule has 28 heavy (non-hydrogen) atoms. The van der Waals surface area contributed by atoms with E-state index < -0.39 is 10.0 Å². The zero-order valence-corrected chi connectivity index (χ0v) is 18.2. The maximum absolute atomic E-state index is 12.9. The molecule has 2 aromatic carbocycles. The second-order valence-corrected chi connectivity index (χ2v) is 9.80. The second kappa shape index (κ2) is 8.59. The van der Waals surface area contributed by atoms with E-state index in [0.29, 0.717) is 23.6 Å². The number of anilines is 1. The van der Waals surface area contributed by atoms with Crippen molar-refractivity contribution >= 4 is 56.4 Å². The molecule has 1 N–H and O–H groups in total. The minimum atomic E-state index is -3.82. The van der Waals surface area contributed by atoms with Crippen LogP contribution in [0.4, 0.5) is 5.69 Å². The molecule has 1 heterocycles. The van der Waals surface area contributed by atoms with Gasteiger partial charge in [-0.15, -0.1) is 0 Å². The molecule has 0 aromatic heterocycles. The van der Waals surface area contributed by atoms with Gasteiger partial charge in [-0.05, 0) is 55.7 Å². The fraction of sp³-hybridized carbons (Fsp3) is 0.316. The maximum Gasteiger partial charge on any atom is 0.246 e. The number of carbonyl (C=O) groups is 1. The van der Waals surface area contributed by atoms with E-state index in [2.05, 4.69) is 5.32 Å². The summed E-state index contributed by atoms with van der Waals surface area (Å²) in [7, 11) is -3.82. The fourth-order valence-corrected chi connectivity index (χ4v) is 6.01. The molecule has 0 unspecified atom stereocenters. The number of nitrogens with one attached hydrogen (secondary N) is 1. The van der Waals surface area contributed by atoms with Gasteiger partial charge in [-0.25, -0.2) is 8.42 Å². The highest BCUT2D eigenvalue weighted by molar-refractivity contribution is 7.89. The van der Waals surface area contributed by atoms with Crippen LogP contribution in [-0.2, 0) is 14.8 Å². The zero-order chi connectivity index (χ0) is 20.5. The lowest BCUT2D eigenvalue weighted by Crippen LogP contribution is -2.41. The van der Waals surface area contributed by atoms with E-state index in [-0.39, 0.29) is 39.9 Å². The molecule has 1 fully saturated rings. The lowest BCUT2D eigenvalue weighted by atomic mass is 9.97. The first-order valence-corrected chi connectivity index (χ1v) is 11.3. The highest BCUT2D eigenvalue weighted by Gasteiger charge is 2.34. The SMILES string of the molecule is Cc1cc(Cl)ccc1NC(=O)C1CCN(S(=O)(=O)c2c(Cl)cccc2Cl)CC1. The first kappa shape index (κ1) is 21.4. The van der Waals surface area contributed by atoms with Crippen molar-refractivity contribution in [3.05, 3.63) is 57.0 Å². The van der Waals surface area contributed by atoms with Gasteiger partial charge in [-0.1, -0.05) is 40.9 Å². The molecule has 150 valence electrons. The van der Waals surface area contributed by atoms with E-state index >= 15 is 0 Å². The van der Waals surface area contributed by atoms with Crippen LogP contribution in [0, 0.1) is 12.8 Å². The topological polar surface area (TPSA) is 66.5 Å². The number of hydrogen-bond donors (Lipinski definition) is 1. The minimum absolute atomic E-state index is 0.0852. The number of halogens is 3. The lowest BCUT2D eigenvalue weighted by Gasteiger charge is -2.31. The van der Waals surface area contributed by atoms with Gasteiger partial charge >= 0.3 is 0 Å². The summed E-state index contributed by atoms with van der Waals surface area (Å²) in [6, 6.07) is 9.84. The van der Waals surface area contributed by atoms with E-state index in [1.54, 1.807) is 24.3 Å². The van der Waals surface area contributed by atoms with Crippen LogP contribution in [0.2, 0.25) is 15.1 Å². The summed E-state index contributed by atoms with van der Waals surface area (Å²) in [4.78, 5) is 12.5. The molecule has 0 atom stereocenters. The standard InChI is InChI=1S/C19H19Cl3N2O3S/c1-12-11-14(20)5-6-17(12)23-19(25)13-7-9-24(10-8-13)28(26,27)18-15(21)3-2-4-16(18)22/h2-6,11,13H,7-10H2,1H3,(H,23,25). The Kier molecular flexibility index (Phi) is 6.57. The zero-order valence-electron chi connectivity index (χ0n) is 15.1. The van der Waals surface area contributed by atoms with Crippen LogP contribution >= 0.6 is 34.8 Å². The molecule has 0 spiro atoms. The first-order chi connectivity index (χ1) is 13.2. The summed E-state index contributed by atoms with van der Waals surface area (Å²) in [5.74, 6) is -0.401. The summed E-state index contributed by atoms with van der Waals surface area (Å²) in [5, 5.41) is 3.68. The molecule has 5 nitrogen and oxygen atoms in total. The van der Waals surface area contributed by atoms with Crippen molar-refractivity contribution < 1.29 is 13.2 Å². The number of benzene rings is 2. The molecule has 0 saturated carbocycles. The third kappa shape index (κ3) is 4.47. The smallest absolute Gasteiger partial charge is 0.246 e. The molecule has 0 radical (unpaired) electrons.